The van der Waals surface area contributed by atoms with Gasteiger partial charge in [0.2, 0.25) is 0 Å². The SMILES string of the molecule is Cc1cc(Cl)ccc1OP(=O)(Oc1ccc(Cl)cc1C)Oc1ccc(Cl)cc1C. The smallest absolute Gasteiger partial charge is 0.386 e. The standard InChI is InChI=1S/C21H18Cl3O4P/c1-13-10-16(22)4-7-19(13)26-29(25,27-20-8-5-17(23)11-14(20)2)28-21-9-6-18(24)12-15(21)3/h4-12H,1-3H3. The summed E-state index contributed by atoms with van der Waals surface area (Å²) in [6.45, 7) is 5.35. The van der Waals surface area contributed by atoms with Gasteiger partial charge in [-0.25, -0.2) is 0 Å². The molecular formula is C21H18Cl3O4P. The lowest BCUT2D eigenvalue weighted by molar-refractivity contribution is 0.296. The number of aryl methyl sites for hydroxylation is 3. The zero-order chi connectivity index (χ0) is 21.2. The molecule has 152 valence electrons. The van der Waals surface area contributed by atoms with Crippen LogP contribution in [0, 0.1) is 20.8 Å². The molecule has 29 heavy (non-hydrogen) atoms. The highest BCUT2D eigenvalue weighted by molar-refractivity contribution is 7.49. The van der Waals surface area contributed by atoms with E-state index in [1.165, 1.54) is 0 Å². The largest absolute Gasteiger partial charge is 0.647 e. The highest BCUT2D eigenvalue weighted by atomic mass is 35.5. The first kappa shape index (κ1) is 21.9. The van der Waals surface area contributed by atoms with Gasteiger partial charge in [0.15, 0.2) is 0 Å². The van der Waals surface area contributed by atoms with Gasteiger partial charge in [0.25, 0.3) is 0 Å². The van der Waals surface area contributed by atoms with E-state index in [9.17, 15) is 4.57 Å². The zero-order valence-corrected chi connectivity index (χ0v) is 19.1. The van der Waals surface area contributed by atoms with Crippen LogP contribution in [0.5, 0.6) is 17.2 Å². The van der Waals surface area contributed by atoms with Gasteiger partial charge in [-0.15, -0.1) is 0 Å². The molecule has 0 fully saturated rings. The van der Waals surface area contributed by atoms with Crippen LogP contribution in [0.15, 0.2) is 54.6 Å². The van der Waals surface area contributed by atoms with Gasteiger partial charge < -0.3 is 13.6 Å². The summed E-state index contributed by atoms with van der Waals surface area (Å²) in [5, 5.41) is 1.61. The molecule has 4 nitrogen and oxygen atoms in total. The van der Waals surface area contributed by atoms with E-state index in [0.29, 0.717) is 49.0 Å². The van der Waals surface area contributed by atoms with Crippen LogP contribution in [0.4, 0.5) is 0 Å². The average Bonchev–Trinajstić information content (AvgIpc) is 2.63. The van der Waals surface area contributed by atoms with Crippen molar-refractivity contribution < 1.29 is 18.1 Å². The second-order valence-corrected chi connectivity index (χ2v) is 9.20. The van der Waals surface area contributed by atoms with Gasteiger partial charge >= 0.3 is 7.82 Å². The van der Waals surface area contributed by atoms with E-state index in [2.05, 4.69) is 0 Å². The first-order valence-corrected chi connectivity index (χ1v) is 11.2. The Morgan fingerprint density at radius 3 is 1.10 bits per heavy atom. The molecule has 0 aliphatic heterocycles. The van der Waals surface area contributed by atoms with Crippen molar-refractivity contribution in [3.8, 4) is 17.2 Å². The van der Waals surface area contributed by atoms with E-state index in [-0.39, 0.29) is 0 Å². The van der Waals surface area contributed by atoms with Crippen molar-refractivity contribution in [2.45, 2.75) is 20.8 Å². The van der Waals surface area contributed by atoms with Gasteiger partial charge in [0.1, 0.15) is 17.2 Å². The van der Waals surface area contributed by atoms with Crippen molar-refractivity contribution in [1.82, 2.24) is 0 Å². The molecular weight excluding hydrogens is 454 g/mol. The molecule has 3 rings (SSSR count). The third kappa shape index (κ3) is 5.61. The predicted molar refractivity (Wildman–Crippen MR) is 118 cm³/mol. The Morgan fingerprint density at radius 2 is 0.862 bits per heavy atom. The number of halogens is 3. The average molecular weight is 472 g/mol. The molecule has 0 unspecified atom stereocenters. The minimum atomic E-state index is -4.14. The topological polar surface area (TPSA) is 44.8 Å². The minimum absolute atomic E-state index is 0.330. The Labute approximate surface area is 184 Å². The Kier molecular flexibility index (Phi) is 6.70. The van der Waals surface area contributed by atoms with Crippen molar-refractivity contribution >= 4 is 42.6 Å². The number of rotatable bonds is 6. The van der Waals surface area contributed by atoms with Crippen LogP contribution in [0.2, 0.25) is 15.1 Å². The number of hydrogen-bond acceptors (Lipinski definition) is 4. The van der Waals surface area contributed by atoms with Crippen LogP contribution >= 0.6 is 42.6 Å². The minimum Gasteiger partial charge on any atom is -0.386 e. The van der Waals surface area contributed by atoms with E-state index >= 15 is 0 Å². The molecule has 0 saturated carbocycles. The van der Waals surface area contributed by atoms with Gasteiger partial charge in [0, 0.05) is 15.1 Å². The van der Waals surface area contributed by atoms with Crippen LogP contribution in [0.25, 0.3) is 0 Å². The molecule has 0 atom stereocenters. The fourth-order valence-electron chi connectivity index (χ4n) is 2.56. The maximum atomic E-state index is 13.7. The van der Waals surface area contributed by atoms with Gasteiger partial charge in [0.05, 0.1) is 0 Å². The summed E-state index contributed by atoms with van der Waals surface area (Å²) < 4.78 is 30.9. The van der Waals surface area contributed by atoms with Crippen molar-refractivity contribution in [2.24, 2.45) is 0 Å². The normalized spacial score (nSPS) is 11.2. The maximum Gasteiger partial charge on any atom is 0.647 e. The molecule has 0 N–H and O–H groups in total. The fraction of sp³-hybridized carbons (Fsp3) is 0.143. The first-order valence-electron chi connectivity index (χ1n) is 8.62. The Hall–Kier alpha value is -1.84. The van der Waals surface area contributed by atoms with Crippen LogP contribution in [-0.2, 0) is 4.57 Å². The molecule has 0 radical (unpaired) electrons. The van der Waals surface area contributed by atoms with Crippen LogP contribution in [0.3, 0.4) is 0 Å². The number of hydrogen-bond donors (Lipinski definition) is 0. The van der Waals surface area contributed by atoms with Crippen LogP contribution in [0.1, 0.15) is 16.7 Å². The molecule has 8 heteroatoms. The summed E-state index contributed by atoms with van der Waals surface area (Å²) in [6, 6.07) is 14.8. The van der Waals surface area contributed by atoms with Gasteiger partial charge in [-0.05, 0) is 92.1 Å². The third-order valence-electron chi connectivity index (χ3n) is 4.04. The summed E-state index contributed by atoms with van der Waals surface area (Å²) in [5.41, 5.74) is 2.06. The summed E-state index contributed by atoms with van der Waals surface area (Å²) in [4.78, 5) is 0. The maximum absolute atomic E-state index is 13.7. The highest BCUT2D eigenvalue weighted by Gasteiger charge is 2.35. The van der Waals surface area contributed by atoms with E-state index in [1.54, 1.807) is 75.4 Å². The molecule has 3 aromatic rings. The van der Waals surface area contributed by atoms with E-state index in [0.717, 1.165) is 0 Å². The van der Waals surface area contributed by atoms with Gasteiger partial charge in [-0.2, -0.15) is 4.57 Å². The first-order chi connectivity index (χ1) is 13.6. The Balaban J connectivity index is 2.00. The number of phosphoric acid groups is 1. The molecule has 0 bridgehead atoms. The van der Waals surface area contributed by atoms with E-state index < -0.39 is 7.82 Å². The molecule has 0 amide bonds. The molecule has 0 spiro atoms. The number of benzene rings is 3. The monoisotopic (exact) mass is 470 g/mol. The predicted octanol–water partition coefficient (Wildman–Crippen LogP) is 8.22. The lowest BCUT2D eigenvalue weighted by Crippen LogP contribution is -2.09. The van der Waals surface area contributed by atoms with Crippen molar-refractivity contribution in [3.05, 3.63) is 86.4 Å². The van der Waals surface area contributed by atoms with Gasteiger partial charge in [-0.3, -0.25) is 0 Å². The number of phosphoric ester groups is 1. The van der Waals surface area contributed by atoms with Crippen LogP contribution in [-0.4, -0.2) is 0 Å². The van der Waals surface area contributed by atoms with Crippen molar-refractivity contribution in [1.29, 1.82) is 0 Å². The Bertz CT molecular complexity index is 965. The summed E-state index contributed by atoms with van der Waals surface area (Å²) >= 11 is 18.0. The fourth-order valence-corrected chi connectivity index (χ4v) is 4.69. The summed E-state index contributed by atoms with van der Waals surface area (Å²) in [6.07, 6.45) is 0. The summed E-state index contributed by atoms with van der Waals surface area (Å²) in [5.74, 6) is 0.989. The van der Waals surface area contributed by atoms with Crippen molar-refractivity contribution in [3.63, 3.8) is 0 Å². The van der Waals surface area contributed by atoms with Gasteiger partial charge in [-0.1, -0.05) is 34.8 Å². The lowest BCUT2D eigenvalue weighted by Gasteiger charge is -2.22. The molecule has 0 aliphatic rings. The van der Waals surface area contributed by atoms with E-state index in [1.807, 2.05) is 0 Å². The third-order valence-corrected chi connectivity index (χ3v) is 6.01. The second kappa shape index (κ2) is 8.89. The van der Waals surface area contributed by atoms with E-state index in [4.69, 9.17) is 48.4 Å². The molecule has 3 aromatic carbocycles. The molecule has 0 heterocycles. The Morgan fingerprint density at radius 1 is 0.586 bits per heavy atom. The second-order valence-electron chi connectivity index (χ2n) is 6.45. The van der Waals surface area contributed by atoms with Crippen molar-refractivity contribution in [2.75, 3.05) is 0 Å². The lowest BCUT2D eigenvalue weighted by atomic mass is 10.2. The van der Waals surface area contributed by atoms with Crippen LogP contribution < -0.4 is 13.6 Å². The molecule has 0 aliphatic carbocycles. The summed E-state index contributed by atoms with van der Waals surface area (Å²) in [7, 11) is -4.14. The quantitative estimate of drug-likeness (QED) is 0.340. The highest BCUT2D eigenvalue weighted by Crippen LogP contribution is 2.51. The molecule has 0 aromatic heterocycles. The molecule has 0 saturated heterocycles. The zero-order valence-electron chi connectivity index (χ0n) is 15.9.